The highest BCUT2D eigenvalue weighted by atomic mass is 35.5. The van der Waals surface area contributed by atoms with E-state index in [1.165, 1.54) is 23.1 Å². The molecule has 7 nitrogen and oxygen atoms in total. The first-order valence-electron chi connectivity index (χ1n) is 7.73. The molecule has 3 aromatic rings. The van der Waals surface area contributed by atoms with E-state index in [0.717, 1.165) is 16.0 Å². The molecule has 0 aliphatic carbocycles. The van der Waals surface area contributed by atoms with Crippen LogP contribution in [-0.4, -0.2) is 31.4 Å². The second-order valence-electron chi connectivity index (χ2n) is 5.19. The minimum atomic E-state index is -0.500. The van der Waals surface area contributed by atoms with Gasteiger partial charge in [-0.15, -0.1) is 10.2 Å². The molecule has 3 rings (SSSR count). The van der Waals surface area contributed by atoms with Crippen molar-refractivity contribution in [2.45, 2.75) is 31.5 Å². The maximum absolute atomic E-state index is 12.8. The fourth-order valence-electron chi connectivity index (χ4n) is 2.43. The summed E-state index contributed by atoms with van der Waals surface area (Å²) >= 11 is 8.87. The smallest absolute Gasteiger partial charge is 0.249 e. The second kappa shape index (κ2) is 7.59. The van der Waals surface area contributed by atoms with E-state index >= 15 is 0 Å². The minimum Gasteiger partial charge on any atom is -0.368 e. The molecule has 0 spiro atoms. The quantitative estimate of drug-likeness (QED) is 0.614. The molecule has 2 heterocycles. The zero-order valence-electron chi connectivity index (χ0n) is 13.7. The van der Waals surface area contributed by atoms with Crippen molar-refractivity contribution >= 4 is 61.9 Å². The lowest BCUT2D eigenvalue weighted by Gasteiger charge is -2.18. The molecular weight excluding hydrogens is 380 g/mol. The van der Waals surface area contributed by atoms with Crippen molar-refractivity contribution in [3.05, 3.63) is 23.2 Å². The summed E-state index contributed by atoms with van der Waals surface area (Å²) in [5.41, 5.74) is 6.72. The third-order valence-corrected chi connectivity index (χ3v) is 5.54. The lowest BCUT2D eigenvalue weighted by molar-refractivity contribution is -0.119. The van der Waals surface area contributed by atoms with Gasteiger partial charge in [0.1, 0.15) is 6.04 Å². The van der Waals surface area contributed by atoms with Gasteiger partial charge in [-0.1, -0.05) is 48.5 Å². The van der Waals surface area contributed by atoms with Crippen molar-refractivity contribution < 1.29 is 4.79 Å². The number of nitrogen functional groups attached to an aromatic ring is 1. The highest BCUT2D eigenvalue weighted by Crippen LogP contribution is 2.30. The molecule has 0 aliphatic rings. The van der Waals surface area contributed by atoms with Gasteiger partial charge in [-0.25, -0.2) is 4.98 Å². The summed E-state index contributed by atoms with van der Waals surface area (Å²) in [5, 5.41) is 12.6. The lowest BCUT2D eigenvalue weighted by atomic mass is 10.2. The molecule has 10 heteroatoms. The van der Waals surface area contributed by atoms with Gasteiger partial charge in [-0.05, 0) is 30.4 Å². The summed E-state index contributed by atoms with van der Waals surface area (Å²) < 4.78 is 2.59. The number of amides is 1. The number of thiazole rings is 1. The van der Waals surface area contributed by atoms with Crippen LogP contribution in [0.25, 0.3) is 10.2 Å². The number of nitrogens with one attached hydrogen (secondary N) is 1. The van der Waals surface area contributed by atoms with Crippen LogP contribution in [0, 0.1) is 0 Å². The predicted octanol–water partition coefficient (Wildman–Crippen LogP) is 3.83. The van der Waals surface area contributed by atoms with Crippen LogP contribution in [0.5, 0.6) is 0 Å². The average Bonchev–Trinajstić information content (AvgIpc) is 3.12. The number of hydrogen-bond acceptors (Lipinski definition) is 7. The van der Waals surface area contributed by atoms with Crippen LogP contribution in [0.15, 0.2) is 23.4 Å². The maximum atomic E-state index is 12.8. The van der Waals surface area contributed by atoms with Crippen LogP contribution in [0.2, 0.25) is 5.02 Å². The Labute approximate surface area is 158 Å². The highest BCUT2D eigenvalue weighted by Gasteiger charge is 2.25. The molecule has 2 aromatic heterocycles. The number of aromatic nitrogens is 4. The van der Waals surface area contributed by atoms with E-state index in [2.05, 4.69) is 20.5 Å². The summed E-state index contributed by atoms with van der Waals surface area (Å²) in [4.78, 5) is 17.2. The van der Waals surface area contributed by atoms with Crippen LogP contribution in [0.4, 0.5) is 11.1 Å². The van der Waals surface area contributed by atoms with Crippen molar-refractivity contribution in [1.29, 1.82) is 0 Å². The van der Waals surface area contributed by atoms with Gasteiger partial charge >= 0.3 is 0 Å². The number of rotatable bonds is 6. The van der Waals surface area contributed by atoms with E-state index in [9.17, 15) is 4.79 Å². The van der Waals surface area contributed by atoms with E-state index in [4.69, 9.17) is 17.3 Å². The Kier molecular flexibility index (Phi) is 5.45. The number of halogens is 1. The molecule has 0 radical (unpaired) electrons. The van der Waals surface area contributed by atoms with Gasteiger partial charge in [0.2, 0.25) is 11.9 Å². The molecule has 0 bridgehead atoms. The number of thioether (sulfide) groups is 1. The fraction of sp³-hybridized carbons (Fsp3) is 0.333. The molecule has 25 heavy (non-hydrogen) atoms. The van der Waals surface area contributed by atoms with Crippen molar-refractivity contribution in [3.63, 3.8) is 0 Å². The van der Waals surface area contributed by atoms with Crippen LogP contribution >= 0.6 is 34.7 Å². The number of fused-ring (bicyclic) bond motifs is 1. The third-order valence-electron chi connectivity index (χ3n) is 3.55. The van der Waals surface area contributed by atoms with Crippen LogP contribution in [-0.2, 0) is 4.79 Å². The Hall–Kier alpha value is -1.84. The number of benzene rings is 1. The van der Waals surface area contributed by atoms with Crippen LogP contribution < -0.4 is 11.1 Å². The van der Waals surface area contributed by atoms with E-state index in [1.54, 1.807) is 10.6 Å². The highest BCUT2D eigenvalue weighted by molar-refractivity contribution is 7.99. The molecule has 1 atom stereocenters. The zero-order chi connectivity index (χ0) is 18.0. The van der Waals surface area contributed by atoms with Crippen LogP contribution in [0.1, 0.15) is 26.3 Å². The minimum absolute atomic E-state index is 0.197. The van der Waals surface area contributed by atoms with Crippen molar-refractivity contribution in [3.8, 4) is 0 Å². The van der Waals surface area contributed by atoms with Crippen molar-refractivity contribution in [2.24, 2.45) is 0 Å². The monoisotopic (exact) mass is 396 g/mol. The molecule has 1 aromatic carbocycles. The number of carbonyl (C=O) groups excluding carboxylic acids is 1. The standard InChI is InChI=1S/C15H17ClN6OS2/c1-3-10(22-13(17)20-21-15(22)24-4-2)12(23)19-14-18-9-6-5-8(16)7-11(9)25-14/h5-7,10H,3-4H2,1-2H3,(H2,17,20)(H,18,19,23). The summed E-state index contributed by atoms with van der Waals surface area (Å²) in [6.45, 7) is 3.93. The predicted molar refractivity (Wildman–Crippen MR) is 103 cm³/mol. The van der Waals surface area contributed by atoms with Gasteiger partial charge in [0.05, 0.1) is 10.2 Å². The van der Waals surface area contributed by atoms with E-state index < -0.39 is 6.04 Å². The Morgan fingerprint density at radius 2 is 2.24 bits per heavy atom. The van der Waals surface area contributed by atoms with Gasteiger partial charge in [0, 0.05) is 5.02 Å². The van der Waals surface area contributed by atoms with Gasteiger partial charge in [-0.2, -0.15) is 0 Å². The SMILES string of the molecule is CCSc1nnc(N)n1C(CC)C(=O)Nc1nc2ccc(Cl)cc2s1. The normalized spacial score (nSPS) is 12.4. The second-order valence-corrected chi connectivity index (χ2v) is 7.89. The van der Waals surface area contributed by atoms with Gasteiger partial charge in [0.25, 0.3) is 0 Å². The summed E-state index contributed by atoms with van der Waals surface area (Å²) in [6.07, 6.45) is 0.558. The lowest BCUT2D eigenvalue weighted by Crippen LogP contribution is -2.27. The largest absolute Gasteiger partial charge is 0.368 e. The Morgan fingerprint density at radius 3 is 2.96 bits per heavy atom. The average molecular weight is 397 g/mol. The van der Waals surface area contributed by atoms with E-state index in [-0.39, 0.29) is 11.9 Å². The van der Waals surface area contributed by atoms with Crippen molar-refractivity contribution in [2.75, 3.05) is 16.8 Å². The molecular formula is C15H17ClN6OS2. The molecule has 3 N–H and O–H groups in total. The van der Waals surface area contributed by atoms with Gasteiger partial charge in [-0.3, -0.25) is 9.36 Å². The zero-order valence-corrected chi connectivity index (χ0v) is 16.1. The first kappa shape index (κ1) is 18.0. The molecule has 0 saturated heterocycles. The number of anilines is 2. The molecule has 0 saturated carbocycles. The Bertz CT molecular complexity index is 909. The molecule has 0 fully saturated rings. The molecule has 132 valence electrons. The van der Waals surface area contributed by atoms with E-state index in [1.807, 2.05) is 26.0 Å². The molecule has 1 amide bonds. The Morgan fingerprint density at radius 1 is 1.44 bits per heavy atom. The fourth-order valence-corrected chi connectivity index (χ4v) is 4.30. The maximum Gasteiger partial charge on any atom is 0.249 e. The topological polar surface area (TPSA) is 98.7 Å². The first-order valence-corrected chi connectivity index (χ1v) is 9.91. The number of nitrogens with zero attached hydrogens (tertiary/aromatic N) is 4. The molecule has 0 aliphatic heterocycles. The van der Waals surface area contributed by atoms with E-state index in [0.29, 0.717) is 21.7 Å². The summed E-state index contributed by atoms with van der Waals surface area (Å²) in [6, 6.07) is 4.93. The third kappa shape index (κ3) is 3.73. The van der Waals surface area contributed by atoms with Crippen LogP contribution in [0.3, 0.4) is 0 Å². The number of carbonyl (C=O) groups is 1. The summed E-state index contributed by atoms with van der Waals surface area (Å²) in [7, 11) is 0. The number of hydrogen-bond donors (Lipinski definition) is 2. The Balaban J connectivity index is 1.86. The van der Waals surface area contributed by atoms with Gasteiger partial charge < -0.3 is 11.1 Å². The van der Waals surface area contributed by atoms with Gasteiger partial charge in [0.15, 0.2) is 10.3 Å². The summed E-state index contributed by atoms with van der Waals surface area (Å²) in [5.74, 6) is 0.848. The molecule has 1 unspecified atom stereocenters. The number of nitrogens with two attached hydrogens (primary N) is 1. The first-order chi connectivity index (χ1) is 12.0. The van der Waals surface area contributed by atoms with Crippen molar-refractivity contribution in [1.82, 2.24) is 19.7 Å².